The zero-order valence-electron chi connectivity index (χ0n) is 17.0. The summed E-state index contributed by atoms with van der Waals surface area (Å²) in [6, 6.07) is 10.8. The van der Waals surface area contributed by atoms with Gasteiger partial charge in [0.05, 0.1) is 31.2 Å². The minimum absolute atomic E-state index is 0.114. The van der Waals surface area contributed by atoms with Crippen molar-refractivity contribution in [3.8, 4) is 11.5 Å². The Bertz CT molecular complexity index is 1000. The third-order valence-corrected chi connectivity index (χ3v) is 4.43. The molecule has 0 radical (unpaired) electrons. The highest BCUT2D eigenvalue weighted by atomic mass is 16.5. The van der Waals surface area contributed by atoms with Gasteiger partial charge >= 0.3 is 5.97 Å². The predicted molar refractivity (Wildman–Crippen MR) is 110 cm³/mol. The summed E-state index contributed by atoms with van der Waals surface area (Å²) in [5.41, 5.74) is 3.44. The molecule has 1 fully saturated rings. The number of rotatable bonds is 7. The maximum absolute atomic E-state index is 12.2. The summed E-state index contributed by atoms with van der Waals surface area (Å²) in [5, 5.41) is 3.73. The number of esters is 1. The number of hydrazine groups is 1. The molecule has 0 atom stereocenters. The summed E-state index contributed by atoms with van der Waals surface area (Å²) in [6.07, 6.45) is 0.256. The minimum atomic E-state index is -0.715. The maximum atomic E-state index is 12.2. The molecule has 1 heterocycles. The number of carbonyl (C=O) groups excluding carboxylic acids is 4. The van der Waals surface area contributed by atoms with Crippen LogP contribution in [0.3, 0.4) is 0 Å². The molecule has 2 N–H and O–H groups in total. The number of amides is 3. The van der Waals surface area contributed by atoms with Gasteiger partial charge in [0.15, 0.2) is 6.61 Å². The van der Waals surface area contributed by atoms with Crippen molar-refractivity contribution in [1.29, 1.82) is 0 Å². The number of benzene rings is 2. The number of hydrogen-bond donors (Lipinski definition) is 2. The predicted octanol–water partition coefficient (Wildman–Crippen LogP) is 1.66. The van der Waals surface area contributed by atoms with Crippen molar-refractivity contribution in [2.45, 2.75) is 12.8 Å². The van der Waals surface area contributed by atoms with Crippen molar-refractivity contribution < 1.29 is 33.4 Å². The van der Waals surface area contributed by atoms with E-state index in [9.17, 15) is 19.2 Å². The van der Waals surface area contributed by atoms with Gasteiger partial charge in [-0.05, 0) is 36.4 Å². The molecule has 31 heavy (non-hydrogen) atoms. The Kier molecular flexibility index (Phi) is 6.71. The molecule has 3 amide bonds. The van der Waals surface area contributed by atoms with Gasteiger partial charge in [0.2, 0.25) is 11.8 Å². The summed E-state index contributed by atoms with van der Waals surface area (Å²) < 4.78 is 15.3. The van der Waals surface area contributed by atoms with Gasteiger partial charge < -0.3 is 19.5 Å². The van der Waals surface area contributed by atoms with E-state index in [2.05, 4.69) is 10.7 Å². The van der Waals surface area contributed by atoms with Gasteiger partial charge in [-0.25, -0.2) is 9.80 Å². The van der Waals surface area contributed by atoms with Crippen LogP contribution < -0.4 is 25.2 Å². The van der Waals surface area contributed by atoms with Crippen molar-refractivity contribution >= 4 is 35.1 Å². The van der Waals surface area contributed by atoms with Crippen LogP contribution >= 0.6 is 0 Å². The highest BCUT2D eigenvalue weighted by Gasteiger charge is 2.24. The van der Waals surface area contributed by atoms with E-state index < -0.39 is 18.5 Å². The molecular formula is C21H21N3O7. The van der Waals surface area contributed by atoms with Crippen molar-refractivity contribution in [3.63, 3.8) is 0 Å². The van der Waals surface area contributed by atoms with Crippen molar-refractivity contribution in [1.82, 2.24) is 5.43 Å². The number of hydrogen-bond acceptors (Lipinski definition) is 7. The minimum Gasteiger partial charge on any atom is -0.497 e. The Morgan fingerprint density at radius 2 is 1.77 bits per heavy atom. The van der Waals surface area contributed by atoms with E-state index in [4.69, 9.17) is 14.2 Å². The van der Waals surface area contributed by atoms with Crippen LogP contribution in [0.25, 0.3) is 0 Å². The summed E-state index contributed by atoms with van der Waals surface area (Å²) in [4.78, 5) is 47.8. The fourth-order valence-electron chi connectivity index (χ4n) is 2.84. The lowest BCUT2D eigenvalue weighted by Gasteiger charge is -2.27. The van der Waals surface area contributed by atoms with Gasteiger partial charge in [-0.15, -0.1) is 0 Å². The molecule has 0 aromatic heterocycles. The lowest BCUT2D eigenvalue weighted by molar-refractivity contribution is -0.130. The Hall–Kier alpha value is -4.08. The highest BCUT2D eigenvalue weighted by Crippen LogP contribution is 2.28. The fraction of sp³-hybridized carbons (Fsp3) is 0.238. The van der Waals surface area contributed by atoms with Crippen LogP contribution in [0.1, 0.15) is 23.2 Å². The molecular weight excluding hydrogens is 406 g/mol. The number of methoxy groups -OCH3 is 2. The molecule has 0 unspecified atom stereocenters. The summed E-state index contributed by atoms with van der Waals surface area (Å²) in [5.74, 6) is -0.834. The largest absolute Gasteiger partial charge is 0.497 e. The standard InChI is InChI=1S/C21H21N3O7/c1-29-15-7-8-17(30-2)16(11-15)22-19(26)12-31-21(28)13-3-5-14(6-4-13)24-20(27)10-9-18(25)23-24/h3-8,11H,9-10,12H2,1-2H3,(H,22,26)(H,23,25). The lowest BCUT2D eigenvalue weighted by atomic mass is 10.2. The second-order valence-electron chi connectivity index (χ2n) is 6.50. The van der Waals surface area contributed by atoms with Gasteiger partial charge in [0.25, 0.3) is 5.91 Å². The number of nitrogens with zero attached hydrogens (tertiary/aromatic N) is 1. The zero-order valence-corrected chi connectivity index (χ0v) is 17.0. The fourth-order valence-corrected chi connectivity index (χ4v) is 2.84. The third kappa shape index (κ3) is 5.30. The summed E-state index contributed by atoms with van der Waals surface area (Å²) >= 11 is 0. The Balaban J connectivity index is 1.58. The van der Waals surface area contributed by atoms with E-state index >= 15 is 0 Å². The van der Waals surface area contributed by atoms with Gasteiger partial charge in [0.1, 0.15) is 11.5 Å². The molecule has 0 spiro atoms. The summed E-state index contributed by atoms with van der Waals surface area (Å²) in [6.45, 7) is -0.512. The quantitative estimate of drug-likeness (QED) is 0.644. The average Bonchev–Trinajstić information content (AvgIpc) is 2.79. The van der Waals surface area contributed by atoms with Gasteiger partial charge in [0, 0.05) is 18.9 Å². The molecule has 1 aliphatic heterocycles. The lowest BCUT2D eigenvalue weighted by Crippen LogP contribution is -2.50. The van der Waals surface area contributed by atoms with Crippen LogP contribution in [0.15, 0.2) is 42.5 Å². The number of nitrogens with one attached hydrogen (secondary N) is 2. The topological polar surface area (TPSA) is 123 Å². The van der Waals surface area contributed by atoms with Gasteiger partial charge in [-0.2, -0.15) is 0 Å². The number of ether oxygens (including phenoxy) is 3. The summed E-state index contributed by atoms with van der Waals surface area (Å²) in [7, 11) is 2.96. The van der Waals surface area contributed by atoms with Gasteiger partial charge in [-0.1, -0.05) is 0 Å². The molecule has 162 valence electrons. The van der Waals surface area contributed by atoms with Crippen LogP contribution in [-0.4, -0.2) is 44.5 Å². The second-order valence-corrected chi connectivity index (χ2v) is 6.50. The van der Waals surface area contributed by atoms with E-state index in [-0.39, 0.29) is 30.2 Å². The Morgan fingerprint density at radius 3 is 2.45 bits per heavy atom. The van der Waals surface area contributed by atoms with Crippen molar-refractivity contribution in [3.05, 3.63) is 48.0 Å². The number of carbonyl (C=O) groups is 4. The van der Waals surface area contributed by atoms with Crippen LogP contribution in [-0.2, 0) is 19.1 Å². The molecule has 0 bridgehead atoms. The molecule has 2 aromatic carbocycles. The van der Waals surface area contributed by atoms with E-state index in [0.29, 0.717) is 22.9 Å². The van der Waals surface area contributed by atoms with Gasteiger partial charge in [-0.3, -0.25) is 19.8 Å². The molecule has 2 aromatic rings. The Morgan fingerprint density at radius 1 is 1.03 bits per heavy atom. The molecule has 1 saturated heterocycles. The third-order valence-electron chi connectivity index (χ3n) is 4.43. The first-order chi connectivity index (χ1) is 14.9. The van der Waals surface area contributed by atoms with Crippen molar-refractivity contribution in [2.24, 2.45) is 0 Å². The second kappa shape index (κ2) is 9.61. The zero-order chi connectivity index (χ0) is 22.4. The van der Waals surface area contributed by atoms with E-state index in [1.807, 2.05) is 0 Å². The smallest absolute Gasteiger partial charge is 0.338 e. The molecule has 3 rings (SSSR count). The number of anilines is 2. The normalized spacial score (nSPS) is 13.3. The Labute approximate surface area is 178 Å². The first-order valence-corrected chi connectivity index (χ1v) is 9.32. The van der Waals surface area contributed by atoms with Crippen LogP contribution in [0.5, 0.6) is 11.5 Å². The van der Waals surface area contributed by atoms with E-state index in [0.717, 1.165) is 5.01 Å². The van der Waals surface area contributed by atoms with Crippen LogP contribution in [0.2, 0.25) is 0 Å². The molecule has 0 aliphatic carbocycles. The first kappa shape index (κ1) is 21.6. The van der Waals surface area contributed by atoms with Crippen LogP contribution in [0.4, 0.5) is 11.4 Å². The van der Waals surface area contributed by atoms with E-state index in [1.165, 1.54) is 38.5 Å². The molecule has 10 nitrogen and oxygen atoms in total. The maximum Gasteiger partial charge on any atom is 0.338 e. The van der Waals surface area contributed by atoms with Crippen molar-refractivity contribution in [2.75, 3.05) is 31.2 Å². The highest BCUT2D eigenvalue weighted by molar-refractivity contribution is 6.01. The average molecular weight is 427 g/mol. The SMILES string of the molecule is COc1ccc(OC)c(NC(=O)COC(=O)c2ccc(N3NC(=O)CCC3=O)cc2)c1. The molecule has 1 aliphatic rings. The van der Waals surface area contributed by atoms with E-state index in [1.54, 1.807) is 18.2 Å². The molecule has 10 heteroatoms. The molecule has 0 saturated carbocycles. The van der Waals surface area contributed by atoms with Crippen LogP contribution in [0, 0.1) is 0 Å². The first-order valence-electron chi connectivity index (χ1n) is 9.32. The monoisotopic (exact) mass is 427 g/mol.